The largest absolute Gasteiger partial charge is 0.222 e. The molecule has 0 unspecified atom stereocenters. The monoisotopic (exact) mass is 252 g/mol. The van der Waals surface area contributed by atoms with Gasteiger partial charge in [0.15, 0.2) is 23.8 Å². The highest BCUT2D eigenvalue weighted by Crippen LogP contribution is 2.32. The molecule has 0 saturated carbocycles. The zero-order chi connectivity index (χ0) is 12.7. The van der Waals surface area contributed by atoms with Crippen molar-refractivity contribution in [1.29, 1.82) is 0 Å². The molecule has 0 N–H and O–H groups in total. The van der Waals surface area contributed by atoms with Gasteiger partial charge in [-0.1, -0.05) is 13.2 Å². The highest BCUT2D eigenvalue weighted by atomic mass is 32.3. The standard InChI is InChI=1S/C9H16O4S2/c1-7(2)14(10,11)9(5,6)15(12,13)8(3)4/h1,3H2,2,4-6H3. The molecule has 4 nitrogen and oxygen atoms in total. The minimum absolute atomic E-state index is 0.169. The van der Waals surface area contributed by atoms with Crippen LogP contribution in [-0.4, -0.2) is 20.9 Å². The van der Waals surface area contributed by atoms with Crippen LogP contribution in [0.2, 0.25) is 0 Å². The molecule has 0 bridgehead atoms. The van der Waals surface area contributed by atoms with Crippen molar-refractivity contribution in [3.8, 4) is 0 Å². The SMILES string of the molecule is C=C(C)S(=O)(=O)C(C)(C)S(=O)(=O)C(=C)C. The first-order valence-electron chi connectivity index (χ1n) is 4.19. The quantitative estimate of drug-likeness (QED) is 0.762. The third kappa shape index (κ3) is 2.01. The summed E-state index contributed by atoms with van der Waals surface area (Å²) in [5.74, 6) is 0. The summed E-state index contributed by atoms with van der Waals surface area (Å²) in [5.41, 5.74) is 0. The van der Waals surface area contributed by atoms with Crippen LogP contribution in [0.1, 0.15) is 27.7 Å². The maximum Gasteiger partial charge on any atom is 0.193 e. The molecule has 0 aliphatic carbocycles. The molecule has 6 heteroatoms. The first-order valence-corrected chi connectivity index (χ1v) is 7.16. The molecule has 0 aliphatic rings. The maximum absolute atomic E-state index is 11.8. The van der Waals surface area contributed by atoms with Gasteiger partial charge in [0, 0.05) is 9.81 Å². The molecule has 0 heterocycles. The average Bonchev–Trinajstić information content (AvgIpc) is 2.02. The molecule has 0 saturated heterocycles. The summed E-state index contributed by atoms with van der Waals surface area (Å²) in [6, 6.07) is 0. The van der Waals surface area contributed by atoms with E-state index in [0.717, 1.165) is 13.8 Å². The minimum atomic E-state index is -3.92. The third-order valence-corrected chi connectivity index (χ3v) is 7.95. The molecular formula is C9H16O4S2. The second kappa shape index (κ2) is 3.75. The van der Waals surface area contributed by atoms with Crippen LogP contribution in [0.4, 0.5) is 0 Å². The molecular weight excluding hydrogens is 236 g/mol. The van der Waals surface area contributed by atoms with Gasteiger partial charge in [-0.05, 0) is 27.7 Å². The molecule has 0 atom stereocenters. The molecule has 0 aromatic rings. The Balaban J connectivity index is 5.99. The van der Waals surface area contributed by atoms with Gasteiger partial charge in [-0.25, -0.2) is 16.8 Å². The lowest BCUT2D eigenvalue weighted by molar-refractivity contribution is 0.563. The lowest BCUT2D eigenvalue weighted by Gasteiger charge is -2.24. The van der Waals surface area contributed by atoms with Gasteiger partial charge in [0.05, 0.1) is 0 Å². The number of allylic oxidation sites excluding steroid dienone is 2. The lowest BCUT2D eigenvalue weighted by atomic mass is 10.5. The van der Waals surface area contributed by atoms with Crippen LogP contribution in [0, 0.1) is 0 Å². The van der Waals surface area contributed by atoms with Crippen molar-refractivity contribution in [2.75, 3.05) is 0 Å². The first kappa shape index (κ1) is 14.4. The number of sulfone groups is 2. The van der Waals surface area contributed by atoms with Crippen molar-refractivity contribution in [2.45, 2.75) is 31.8 Å². The fraction of sp³-hybridized carbons (Fsp3) is 0.556. The van der Waals surface area contributed by atoms with Crippen LogP contribution in [0.25, 0.3) is 0 Å². The van der Waals surface area contributed by atoms with Crippen LogP contribution >= 0.6 is 0 Å². The summed E-state index contributed by atoms with van der Waals surface area (Å²) in [6.07, 6.45) is 0. The Kier molecular flexibility index (Phi) is 3.60. The van der Waals surface area contributed by atoms with Gasteiger partial charge in [-0.3, -0.25) is 0 Å². The van der Waals surface area contributed by atoms with E-state index in [0.29, 0.717) is 0 Å². The van der Waals surface area contributed by atoms with Crippen molar-refractivity contribution >= 4 is 19.7 Å². The highest BCUT2D eigenvalue weighted by Gasteiger charge is 2.47. The maximum atomic E-state index is 11.8. The van der Waals surface area contributed by atoms with Crippen molar-refractivity contribution < 1.29 is 16.8 Å². The fourth-order valence-corrected chi connectivity index (χ4v) is 4.67. The Hall–Kier alpha value is -0.620. The van der Waals surface area contributed by atoms with Crippen LogP contribution in [0.15, 0.2) is 23.0 Å². The topological polar surface area (TPSA) is 68.3 Å². The van der Waals surface area contributed by atoms with E-state index in [1.807, 2.05) is 0 Å². The second-order valence-corrected chi connectivity index (χ2v) is 9.52. The molecule has 0 aromatic heterocycles. The number of hydrogen-bond donors (Lipinski definition) is 0. The Morgan fingerprint density at radius 3 is 1.20 bits per heavy atom. The van der Waals surface area contributed by atoms with Gasteiger partial charge in [-0.15, -0.1) is 0 Å². The van der Waals surface area contributed by atoms with Crippen molar-refractivity contribution in [3.05, 3.63) is 23.0 Å². The van der Waals surface area contributed by atoms with Gasteiger partial charge >= 0.3 is 0 Å². The fourth-order valence-electron chi connectivity index (χ4n) is 0.984. The van der Waals surface area contributed by atoms with E-state index in [1.165, 1.54) is 13.8 Å². The van der Waals surface area contributed by atoms with Gasteiger partial charge in [-0.2, -0.15) is 0 Å². The molecule has 0 rings (SSSR count). The average molecular weight is 252 g/mol. The van der Waals surface area contributed by atoms with E-state index in [4.69, 9.17) is 0 Å². The number of hydrogen-bond acceptors (Lipinski definition) is 4. The smallest absolute Gasteiger partial charge is 0.193 e. The zero-order valence-electron chi connectivity index (χ0n) is 9.36. The molecule has 0 radical (unpaired) electrons. The van der Waals surface area contributed by atoms with Crippen LogP contribution in [0.3, 0.4) is 0 Å². The minimum Gasteiger partial charge on any atom is -0.222 e. The predicted molar refractivity (Wildman–Crippen MR) is 61.5 cm³/mol. The molecule has 0 amide bonds. The molecule has 0 spiro atoms. The van der Waals surface area contributed by atoms with E-state index < -0.39 is 23.8 Å². The summed E-state index contributed by atoms with van der Waals surface area (Å²) >= 11 is 0. The summed E-state index contributed by atoms with van der Waals surface area (Å²) < 4.78 is 45.2. The van der Waals surface area contributed by atoms with Gasteiger partial charge < -0.3 is 0 Å². The normalized spacial score (nSPS) is 13.6. The predicted octanol–water partition coefficient (Wildman–Crippen LogP) is 1.62. The third-order valence-electron chi connectivity index (χ3n) is 2.21. The van der Waals surface area contributed by atoms with E-state index in [-0.39, 0.29) is 9.81 Å². The lowest BCUT2D eigenvalue weighted by Crippen LogP contribution is -2.40. The van der Waals surface area contributed by atoms with Gasteiger partial charge in [0.25, 0.3) is 0 Å². The van der Waals surface area contributed by atoms with Crippen LogP contribution in [-0.2, 0) is 19.7 Å². The first-order chi connectivity index (χ1) is 6.39. The van der Waals surface area contributed by atoms with E-state index >= 15 is 0 Å². The summed E-state index contributed by atoms with van der Waals surface area (Å²) in [5, 5.41) is 0. The summed E-state index contributed by atoms with van der Waals surface area (Å²) in [4.78, 5) is -0.338. The molecule has 0 aliphatic heterocycles. The zero-order valence-corrected chi connectivity index (χ0v) is 11.0. The van der Waals surface area contributed by atoms with E-state index in [2.05, 4.69) is 13.2 Å². The van der Waals surface area contributed by atoms with Gasteiger partial charge in [0.1, 0.15) is 0 Å². The Morgan fingerprint density at radius 1 is 0.867 bits per heavy atom. The molecule has 0 fully saturated rings. The van der Waals surface area contributed by atoms with Gasteiger partial charge in [0.2, 0.25) is 0 Å². The molecule has 88 valence electrons. The van der Waals surface area contributed by atoms with Crippen molar-refractivity contribution in [3.63, 3.8) is 0 Å². The summed E-state index contributed by atoms with van der Waals surface area (Å²) in [6.45, 7) is 11.4. The second-order valence-electron chi connectivity index (χ2n) is 3.81. The summed E-state index contributed by atoms with van der Waals surface area (Å²) in [7, 11) is -7.84. The van der Waals surface area contributed by atoms with Crippen LogP contribution < -0.4 is 0 Å². The Labute approximate surface area is 91.5 Å². The Morgan fingerprint density at radius 2 is 1.07 bits per heavy atom. The highest BCUT2D eigenvalue weighted by molar-refractivity contribution is 8.13. The van der Waals surface area contributed by atoms with Crippen LogP contribution in [0.5, 0.6) is 0 Å². The van der Waals surface area contributed by atoms with Crippen molar-refractivity contribution in [1.82, 2.24) is 0 Å². The van der Waals surface area contributed by atoms with E-state index in [9.17, 15) is 16.8 Å². The van der Waals surface area contributed by atoms with Crippen molar-refractivity contribution in [2.24, 2.45) is 0 Å². The Bertz CT molecular complexity index is 446. The molecule has 15 heavy (non-hydrogen) atoms. The molecule has 0 aromatic carbocycles. The number of rotatable bonds is 4. The van der Waals surface area contributed by atoms with E-state index in [1.54, 1.807) is 0 Å².